The van der Waals surface area contributed by atoms with E-state index in [0.29, 0.717) is 5.92 Å². The van der Waals surface area contributed by atoms with Gasteiger partial charge in [-0.15, -0.1) is 0 Å². The zero-order valence-corrected chi connectivity index (χ0v) is 19.6. The van der Waals surface area contributed by atoms with E-state index in [1.54, 1.807) is 0 Å². The average molecular weight is 428 g/mol. The van der Waals surface area contributed by atoms with Crippen LogP contribution in [0.2, 0.25) is 0 Å². The van der Waals surface area contributed by atoms with Gasteiger partial charge >= 0.3 is 0 Å². The number of hydrogen-bond acceptors (Lipinski definition) is 2. The van der Waals surface area contributed by atoms with E-state index in [0.717, 1.165) is 25.5 Å². The Bertz CT molecular complexity index is 873. The second-order valence-electron chi connectivity index (χ2n) is 9.48. The summed E-state index contributed by atoms with van der Waals surface area (Å²) in [5.41, 5.74) is 5.33. The molecule has 2 nitrogen and oxygen atoms in total. The van der Waals surface area contributed by atoms with Crippen LogP contribution in [0.15, 0.2) is 84.9 Å². The minimum atomic E-state index is 0.0197. The second kappa shape index (κ2) is 11.4. The fraction of sp³-hybridized carbons (Fsp3) is 0.400. The average Bonchev–Trinajstić information content (AvgIpc) is 2.84. The third-order valence-corrected chi connectivity index (χ3v) is 6.77. The van der Waals surface area contributed by atoms with Gasteiger partial charge in [-0.3, -0.25) is 4.90 Å². The van der Waals surface area contributed by atoms with E-state index in [9.17, 15) is 0 Å². The molecule has 0 radical (unpaired) electrons. The van der Waals surface area contributed by atoms with Gasteiger partial charge in [0.05, 0.1) is 0 Å². The van der Waals surface area contributed by atoms with Gasteiger partial charge in [-0.2, -0.15) is 0 Å². The summed E-state index contributed by atoms with van der Waals surface area (Å²) in [4.78, 5) is 2.61. The van der Waals surface area contributed by atoms with Gasteiger partial charge in [0, 0.05) is 13.2 Å². The van der Waals surface area contributed by atoms with Gasteiger partial charge in [-0.25, -0.2) is 0 Å². The minimum absolute atomic E-state index is 0.0197. The Labute approximate surface area is 194 Å². The first-order valence-electron chi connectivity index (χ1n) is 12.2. The largest absolute Gasteiger partial charge is 0.369 e. The second-order valence-corrected chi connectivity index (χ2v) is 9.48. The standard InChI is InChI=1S/C30H37NO/c1-24(2)27-15-13-26(14-16-27)23-31-20-17-25(18-21-31)19-22-32-30(28-9-5-3-6-10-28)29-11-7-4-8-12-29/h3-16,24-25,30H,17-23H2,1-2H3. The first-order valence-corrected chi connectivity index (χ1v) is 12.2. The molecule has 0 unspecified atom stereocenters. The number of likely N-dealkylation sites (tertiary alicyclic amines) is 1. The van der Waals surface area contributed by atoms with Crippen LogP contribution in [-0.4, -0.2) is 24.6 Å². The summed E-state index contributed by atoms with van der Waals surface area (Å²) < 4.78 is 6.46. The SMILES string of the molecule is CC(C)c1ccc(CN2CCC(CCOC(c3ccccc3)c3ccccc3)CC2)cc1. The first-order chi connectivity index (χ1) is 15.7. The molecule has 2 heteroatoms. The number of nitrogens with zero attached hydrogens (tertiary/aromatic N) is 1. The highest BCUT2D eigenvalue weighted by Gasteiger charge is 2.20. The third-order valence-electron chi connectivity index (χ3n) is 6.77. The maximum absolute atomic E-state index is 6.46. The minimum Gasteiger partial charge on any atom is -0.369 e. The van der Waals surface area contributed by atoms with Gasteiger partial charge in [-0.05, 0) is 66.4 Å². The van der Waals surface area contributed by atoms with Crippen molar-refractivity contribution in [1.82, 2.24) is 4.90 Å². The summed E-state index contributed by atoms with van der Waals surface area (Å²) in [6, 6.07) is 30.4. The molecule has 1 fully saturated rings. The molecule has 1 heterocycles. The lowest BCUT2D eigenvalue weighted by atomic mass is 9.93. The summed E-state index contributed by atoms with van der Waals surface area (Å²) in [5.74, 6) is 1.37. The Morgan fingerprint density at radius 3 is 1.84 bits per heavy atom. The van der Waals surface area contributed by atoms with Crippen LogP contribution in [0.25, 0.3) is 0 Å². The van der Waals surface area contributed by atoms with Crippen LogP contribution in [-0.2, 0) is 11.3 Å². The van der Waals surface area contributed by atoms with Crippen LogP contribution >= 0.6 is 0 Å². The van der Waals surface area contributed by atoms with Gasteiger partial charge in [0.1, 0.15) is 6.10 Å². The van der Waals surface area contributed by atoms with E-state index in [2.05, 4.69) is 104 Å². The lowest BCUT2D eigenvalue weighted by Crippen LogP contribution is -2.33. The molecule has 168 valence electrons. The highest BCUT2D eigenvalue weighted by Crippen LogP contribution is 2.28. The van der Waals surface area contributed by atoms with Crippen molar-refractivity contribution in [2.45, 2.75) is 51.7 Å². The molecule has 0 atom stereocenters. The van der Waals surface area contributed by atoms with E-state index in [-0.39, 0.29) is 6.10 Å². The molecule has 1 aliphatic heterocycles. The van der Waals surface area contributed by atoms with Crippen LogP contribution in [0.3, 0.4) is 0 Å². The molecule has 32 heavy (non-hydrogen) atoms. The van der Waals surface area contributed by atoms with Crippen molar-refractivity contribution in [3.8, 4) is 0 Å². The fourth-order valence-electron chi connectivity index (χ4n) is 4.69. The first kappa shape index (κ1) is 22.8. The van der Waals surface area contributed by atoms with E-state index < -0.39 is 0 Å². The number of piperidine rings is 1. The van der Waals surface area contributed by atoms with E-state index in [1.165, 1.54) is 48.2 Å². The van der Waals surface area contributed by atoms with Gasteiger partial charge in [0.15, 0.2) is 0 Å². The van der Waals surface area contributed by atoms with Crippen LogP contribution in [0, 0.1) is 5.92 Å². The Balaban J connectivity index is 1.24. The van der Waals surface area contributed by atoms with Gasteiger partial charge in [0.2, 0.25) is 0 Å². The zero-order valence-electron chi connectivity index (χ0n) is 19.6. The van der Waals surface area contributed by atoms with Crippen LogP contribution in [0.4, 0.5) is 0 Å². The Hall–Kier alpha value is -2.42. The van der Waals surface area contributed by atoms with Crippen molar-refractivity contribution >= 4 is 0 Å². The molecule has 0 aromatic heterocycles. The Morgan fingerprint density at radius 2 is 1.31 bits per heavy atom. The van der Waals surface area contributed by atoms with Crippen LogP contribution < -0.4 is 0 Å². The topological polar surface area (TPSA) is 12.5 Å². The molecular formula is C30H37NO. The van der Waals surface area contributed by atoms with Gasteiger partial charge in [0.25, 0.3) is 0 Å². The summed E-state index contributed by atoms with van der Waals surface area (Å²) in [5, 5.41) is 0. The number of rotatable bonds is 9. The monoisotopic (exact) mass is 427 g/mol. The highest BCUT2D eigenvalue weighted by molar-refractivity contribution is 5.30. The predicted octanol–water partition coefficient (Wildman–Crippen LogP) is 7.22. The summed E-state index contributed by atoms with van der Waals surface area (Å²) in [6.07, 6.45) is 3.71. The molecule has 0 spiro atoms. The highest BCUT2D eigenvalue weighted by atomic mass is 16.5. The summed E-state index contributed by atoms with van der Waals surface area (Å²) in [6.45, 7) is 8.78. The molecule has 3 aromatic carbocycles. The molecule has 1 aliphatic rings. The molecule has 0 saturated carbocycles. The molecule has 1 saturated heterocycles. The number of ether oxygens (including phenoxy) is 1. The Morgan fingerprint density at radius 1 is 0.750 bits per heavy atom. The zero-order chi connectivity index (χ0) is 22.2. The van der Waals surface area contributed by atoms with Crippen molar-refractivity contribution in [3.05, 3.63) is 107 Å². The van der Waals surface area contributed by atoms with Crippen molar-refractivity contribution in [3.63, 3.8) is 0 Å². The van der Waals surface area contributed by atoms with E-state index in [1.807, 2.05) is 0 Å². The maximum Gasteiger partial charge on any atom is 0.108 e. The smallest absolute Gasteiger partial charge is 0.108 e. The van der Waals surface area contributed by atoms with Crippen molar-refractivity contribution in [1.29, 1.82) is 0 Å². The van der Waals surface area contributed by atoms with Crippen LogP contribution in [0.5, 0.6) is 0 Å². The van der Waals surface area contributed by atoms with Crippen LogP contribution in [0.1, 0.15) is 67.4 Å². The quantitative estimate of drug-likeness (QED) is 0.357. The van der Waals surface area contributed by atoms with Crippen molar-refractivity contribution in [2.75, 3.05) is 19.7 Å². The summed E-state index contributed by atoms with van der Waals surface area (Å²) >= 11 is 0. The summed E-state index contributed by atoms with van der Waals surface area (Å²) in [7, 11) is 0. The molecule has 0 bridgehead atoms. The van der Waals surface area contributed by atoms with Crippen molar-refractivity contribution < 1.29 is 4.74 Å². The fourth-order valence-corrected chi connectivity index (χ4v) is 4.69. The molecule has 4 rings (SSSR count). The molecule has 0 N–H and O–H groups in total. The van der Waals surface area contributed by atoms with Gasteiger partial charge < -0.3 is 4.74 Å². The lowest BCUT2D eigenvalue weighted by Gasteiger charge is -2.32. The van der Waals surface area contributed by atoms with Crippen molar-refractivity contribution in [2.24, 2.45) is 5.92 Å². The van der Waals surface area contributed by atoms with E-state index in [4.69, 9.17) is 4.74 Å². The normalized spacial score (nSPS) is 15.5. The molecule has 0 amide bonds. The Kier molecular flexibility index (Phi) is 8.14. The van der Waals surface area contributed by atoms with E-state index >= 15 is 0 Å². The lowest BCUT2D eigenvalue weighted by molar-refractivity contribution is 0.0596. The molecule has 3 aromatic rings. The number of hydrogen-bond donors (Lipinski definition) is 0. The number of benzene rings is 3. The van der Waals surface area contributed by atoms with Gasteiger partial charge in [-0.1, -0.05) is 98.8 Å². The molecule has 0 aliphatic carbocycles. The maximum atomic E-state index is 6.46. The third kappa shape index (κ3) is 6.31. The predicted molar refractivity (Wildman–Crippen MR) is 134 cm³/mol. The molecular weight excluding hydrogens is 390 g/mol.